The summed E-state index contributed by atoms with van der Waals surface area (Å²) in [5.41, 5.74) is 1.37. The standard InChI is InChI=1S/C22H36N4O/c1-4-24-14-16-25(17-15-24)13-9-8-12-23-21(27)26-18-22(2,3)20(26)19-10-6-5-7-11-19/h5-7,10-11,20H,4,8-9,12-18H2,1-3H3,(H,23,27)/t20-/m0/s1. The minimum Gasteiger partial charge on any atom is -0.338 e. The summed E-state index contributed by atoms with van der Waals surface area (Å²) in [6.45, 7) is 15.4. The Morgan fingerprint density at radius 1 is 1.07 bits per heavy atom. The molecule has 0 bridgehead atoms. The monoisotopic (exact) mass is 372 g/mol. The molecular formula is C22H36N4O. The number of nitrogens with one attached hydrogen (secondary N) is 1. The first-order chi connectivity index (χ1) is 13.0. The molecule has 1 N–H and O–H groups in total. The quantitative estimate of drug-likeness (QED) is 0.747. The average Bonchev–Trinajstić information content (AvgIpc) is 2.67. The number of nitrogens with zero attached hydrogens (tertiary/aromatic N) is 3. The zero-order chi connectivity index (χ0) is 19.3. The topological polar surface area (TPSA) is 38.8 Å². The van der Waals surface area contributed by atoms with Gasteiger partial charge in [0.05, 0.1) is 6.04 Å². The molecule has 2 fully saturated rings. The predicted molar refractivity (Wildman–Crippen MR) is 111 cm³/mol. The maximum absolute atomic E-state index is 12.6. The van der Waals surface area contributed by atoms with Gasteiger partial charge < -0.3 is 20.0 Å². The highest BCUT2D eigenvalue weighted by atomic mass is 16.2. The largest absolute Gasteiger partial charge is 0.338 e. The maximum Gasteiger partial charge on any atom is 0.317 e. The van der Waals surface area contributed by atoms with Crippen molar-refractivity contribution in [3.05, 3.63) is 35.9 Å². The van der Waals surface area contributed by atoms with Crippen LogP contribution in [0.2, 0.25) is 0 Å². The minimum absolute atomic E-state index is 0.0831. The molecule has 0 aliphatic carbocycles. The van der Waals surface area contributed by atoms with Gasteiger partial charge in [-0.05, 0) is 31.5 Å². The Kier molecular flexibility index (Phi) is 6.77. The number of benzene rings is 1. The molecule has 27 heavy (non-hydrogen) atoms. The molecule has 5 heteroatoms. The molecule has 3 rings (SSSR count). The molecule has 2 aliphatic rings. The lowest BCUT2D eigenvalue weighted by Gasteiger charge is -2.54. The highest BCUT2D eigenvalue weighted by Crippen LogP contribution is 2.48. The van der Waals surface area contributed by atoms with E-state index in [1.807, 2.05) is 11.0 Å². The fourth-order valence-corrected chi connectivity index (χ4v) is 4.47. The van der Waals surface area contributed by atoms with Crippen LogP contribution in [0.25, 0.3) is 0 Å². The van der Waals surface area contributed by atoms with Gasteiger partial charge in [0, 0.05) is 44.7 Å². The van der Waals surface area contributed by atoms with Crippen LogP contribution in [0.5, 0.6) is 0 Å². The van der Waals surface area contributed by atoms with E-state index in [0.717, 1.165) is 39.0 Å². The number of piperazine rings is 1. The number of carbonyl (C=O) groups excluding carboxylic acids is 1. The number of hydrogen-bond acceptors (Lipinski definition) is 3. The minimum atomic E-state index is 0.0831. The molecule has 1 atom stereocenters. The Morgan fingerprint density at radius 2 is 1.74 bits per heavy atom. The molecule has 0 unspecified atom stereocenters. The van der Waals surface area contributed by atoms with Crippen LogP contribution in [0.3, 0.4) is 0 Å². The second kappa shape index (κ2) is 9.07. The summed E-state index contributed by atoms with van der Waals surface area (Å²) in [6.07, 6.45) is 2.20. The van der Waals surface area contributed by atoms with Crippen molar-refractivity contribution in [3.63, 3.8) is 0 Å². The van der Waals surface area contributed by atoms with E-state index in [-0.39, 0.29) is 17.5 Å². The van der Waals surface area contributed by atoms with E-state index in [4.69, 9.17) is 0 Å². The van der Waals surface area contributed by atoms with E-state index in [9.17, 15) is 4.79 Å². The smallest absolute Gasteiger partial charge is 0.317 e. The van der Waals surface area contributed by atoms with E-state index in [0.29, 0.717) is 0 Å². The first kappa shape index (κ1) is 20.2. The van der Waals surface area contributed by atoms with Gasteiger partial charge in [-0.15, -0.1) is 0 Å². The number of hydrogen-bond donors (Lipinski definition) is 1. The molecule has 150 valence electrons. The molecule has 2 amide bonds. The summed E-state index contributed by atoms with van der Waals surface area (Å²) in [5.74, 6) is 0. The van der Waals surface area contributed by atoms with Gasteiger partial charge in [0.1, 0.15) is 0 Å². The summed E-state index contributed by atoms with van der Waals surface area (Å²) in [7, 11) is 0. The van der Waals surface area contributed by atoms with Crippen LogP contribution in [0.15, 0.2) is 30.3 Å². The highest BCUT2D eigenvalue weighted by molar-refractivity contribution is 5.76. The second-order valence-electron chi connectivity index (χ2n) is 8.64. The Morgan fingerprint density at radius 3 is 2.37 bits per heavy atom. The van der Waals surface area contributed by atoms with Gasteiger partial charge in [-0.1, -0.05) is 51.1 Å². The number of carbonyl (C=O) groups is 1. The van der Waals surface area contributed by atoms with Crippen molar-refractivity contribution in [2.45, 2.75) is 39.7 Å². The maximum atomic E-state index is 12.6. The zero-order valence-electron chi connectivity index (χ0n) is 17.3. The third-order valence-electron chi connectivity index (χ3n) is 6.10. The van der Waals surface area contributed by atoms with E-state index < -0.39 is 0 Å². The summed E-state index contributed by atoms with van der Waals surface area (Å²) < 4.78 is 0. The number of amides is 2. The lowest BCUT2D eigenvalue weighted by atomic mass is 9.72. The van der Waals surface area contributed by atoms with Gasteiger partial charge in [-0.2, -0.15) is 0 Å². The Labute approximate surface area is 164 Å². The second-order valence-corrected chi connectivity index (χ2v) is 8.64. The highest BCUT2D eigenvalue weighted by Gasteiger charge is 2.48. The number of urea groups is 1. The molecule has 0 saturated carbocycles. The van der Waals surface area contributed by atoms with Crippen molar-refractivity contribution >= 4 is 6.03 Å². The van der Waals surface area contributed by atoms with Gasteiger partial charge in [-0.3, -0.25) is 0 Å². The van der Waals surface area contributed by atoms with Crippen LogP contribution in [0.4, 0.5) is 4.79 Å². The zero-order valence-corrected chi connectivity index (χ0v) is 17.3. The average molecular weight is 373 g/mol. The van der Waals surface area contributed by atoms with Crippen LogP contribution >= 0.6 is 0 Å². The van der Waals surface area contributed by atoms with Crippen molar-refractivity contribution in [1.82, 2.24) is 20.0 Å². The summed E-state index contributed by atoms with van der Waals surface area (Å²) in [4.78, 5) is 19.7. The molecule has 0 radical (unpaired) electrons. The van der Waals surface area contributed by atoms with Crippen LogP contribution < -0.4 is 5.32 Å². The molecule has 1 aromatic carbocycles. The van der Waals surface area contributed by atoms with Crippen molar-refractivity contribution in [1.29, 1.82) is 0 Å². The van der Waals surface area contributed by atoms with Gasteiger partial charge >= 0.3 is 6.03 Å². The van der Waals surface area contributed by atoms with Crippen LogP contribution in [0.1, 0.15) is 45.2 Å². The molecule has 2 aliphatic heterocycles. The van der Waals surface area contributed by atoms with Crippen molar-refractivity contribution in [2.75, 3.05) is 52.4 Å². The van der Waals surface area contributed by atoms with Gasteiger partial charge in [-0.25, -0.2) is 4.79 Å². The molecule has 1 aromatic rings. The third kappa shape index (κ3) is 5.02. The van der Waals surface area contributed by atoms with E-state index in [1.165, 1.54) is 31.7 Å². The van der Waals surface area contributed by atoms with Gasteiger partial charge in [0.2, 0.25) is 0 Å². The predicted octanol–water partition coefficient (Wildman–Crippen LogP) is 3.20. The third-order valence-corrected chi connectivity index (χ3v) is 6.10. The Bertz CT molecular complexity index is 596. The molecule has 0 spiro atoms. The molecule has 2 saturated heterocycles. The van der Waals surface area contributed by atoms with E-state index in [2.05, 4.69) is 60.2 Å². The van der Waals surface area contributed by atoms with Gasteiger partial charge in [0.15, 0.2) is 0 Å². The molecule has 2 heterocycles. The number of unbranched alkanes of at least 4 members (excludes halogenated alkanes) is 1. The van der Waals surface area contributed by atoms with E-state index >= 15 is 0 Å². The molecule has 5 nitrogen and oxygen atoms in total. The fraction of sp³-hybridized carbons (Fsp3) is 0.682. The first-order valence-corrected chi connectivity index (χ1v) is 10.6. The summed E-state index contributed by atoms with van der Waals surface area (Å²) in [6, 6.07) is 10.7. The first-order valence-electron chi connectivity index (χ1n) is 10.6. The molecular weight excluding hydrogens is 336 g/mol. The fourth-order valence-electron chi connectivity index (χ4n) is 4.47. The van der Waals surface area contributed by atoms with Crippen molar-refractivity contribution < 1.29 is 4.79 Å². The van der Waals surface area contributed by atoms with E-state index in [1.54, 1.807) is 0 Å². The van der Waals surface area contributed by atoms with Crippen LogP contribution in [-0.4, -0.2) is 73.1 Å². The summed E-state index contributed by atoms with van der Waals surface area (Å²) in [5, 5.41) is 3.14. The Balaban J connectivity index is 1.36. The van der Waals surface area contributed by atoms with Crippen molar-refractivity contribution in [3.8, 4) is 0 Å². The lowest BCUT2D eigenvalue weighted by molar-refractivity contribution is -0.0164. The van der Waals surface area contributed by atoms with Gasteiger partial charge in [0.25, 0.3) is 0 Å². The normalized spacial score (nSPS) is 23.1. The number of likely N-dealkylation sites (tertiary alicyclic amines) is 1. The number of rotatable bonds is 7. The van der Waals surface area contributed by atoms with Crippen LogP contribution in [0, 0.1) is 5.41 Å². The SMILES string of the molecule is CCN1CCN(CCCCNC(=O)N2CC(C)(C)[C@@H]2c2ccccc2)CC1. The van der Waals surface area contributed by atoms with Crippen molar-refractivity contribution in [2.24, 2.45) is 5.41 Å². The lowest BCUT2D eigenvalue weighted by Crippen LogP contribution is -2.60. The molecule has 0 aromatic heterocycles. The van der Waals surface area contributed by atoms with Crippen LogP contribution in [-0.2, 0) is 0 Å². The number of likely N-dealkylation sites (N-methyl/N-ethyl adjacent to an activating group) is 1. The Hall–Kier alpha value is -1.59. The summed E-state index contributed by atoms with van der Waals surface area (Å²) >= 11 is 0.